The summed E-state index contributed by atoms with van der Waals surface area (Å²) >= 11 is 5.51. The minimum Gasteiger partial charge on any atom is -0.496 e. The van der Waals surface area contributed by atoms with Crippen LogP contribution >= 0.6 is 38.5 Å². The number of methoxy groups -OCH3 is 1. The Morgan fingerprint density at radius 3 is 2.70 bits per heavy atom. The highest BCUT2D eigenvalue weighted by Crippen LogP contribution is 2.26. The summed E-state index contributed by atoms with van der Waals surface area (Å²) in [5.74, 6) is 0.243. The largest absolute Gasteiger partial charge is 0.496 e. The number of amides is 1. The second kappa shape index (κ2) is 8.13. The molecule has 0 bridgehead atoms. The van der Waals surface area contributed by atoms with Gasteiger partial charge in [0.25, 0.3) is 5.91 Å². The lowest BCUT2D eigenvalue weighted by Gasteiger charge is -2.07. The molecule has 0 aliphatic heterocycles. The van der Waals surface area contributed by atoms with Crippen LogP contribution in [0.25, 0.3) is 6.08 Å². The third-order valence-corrected chi connectivity index (χ3v) is 4.53. The maximum Gasteiger partial charge on any atom is 0.266 e. The Kier molecular flexibility index (Phi) is 6.19. The molecule has 2 aromatic rings. The number of nitrogens with one attached hydrogen (secondary N) is 1. The SMILES string of the molecule is COc1ccc(/C=C(/C#N)C(=O)Nc2ccccc2I)cc1Br. The summed E-state index contributed by atoms with van der Waals surface area (Å²) < 4.78 is 6.82. The number of benzene rings is 2. The zero-order chi connectivity index (χ0) is 16.8. The van der Waals surface area contributed by atoms with Crippen molar-refractivity contribution in [2.45, 2.75) is 0 Å². The van der Waals surface area contributed by atoms with Gasteiger partial charge < -0.3 is 10.1 Å². The van der Waals surface area contributed by atoms with Gasteiger partial charge in [0, 0.05) is 3.57 Å². The molecule has 4 nitrogen and oxygen atoms in total. The normalized spacial score (nSPS) is 10.8. The van der Waals surface area contributed by atoms with Gasteiger partial charge in [0.05, 0.1) is 17.3 Å². The van der Waals surface area contributed by atoms with Crippen LogP contribution < -0.4 is 10.1 Å². The second-order valence-electron chi connectivity index (χ2n) is 4.50. The van der Waals surface area contributed by atoms with Gasteiger partial charge in [-0.05, 0) is 74.4 Å². The van der Waals surface area contributed by atoms with E-state index in [2.05, 4.69) is 43.8 Å². The molecule has 1 N–H and O–H groups in total. The predicted molar refractivity (Wildman–Crippen MR) is 102 cm³/mol. The molecule has 23 heavy (non-hydrogen) atoms. The van der Waals surface area contributed by atoms with Crippen LogP contribution in [0, 0.1) is 14.9 Å². The molecule has 0 radical (unpaired) electrons. The monoisotopic (exact) mass is 482 g/mol. The summed E-state index contributed by atoms with van der Waals surface area (Å²) in [6.07, 6.45) is 1.54. The molecule has 6 heteroatoms. The number of nitrogens with zero attached hydrogens (tertiary/aromatic N) is 1. The molecule has 0 fully saturated rings. The fraction of sp³-hybridized carbons (Fsp3) is 0.0588. The molecule has 0 aromatic heterocycles. The van der Waals surface area contributed by atoms with Crippen molar-refractivity contribution < 1.29 is 9.53 Å². The lowest BCUT2D eigenvalue weighted by atomic mass is 10.1. The highest BCUT2D eigenvalue weighted by atomic mass is 127. The quantitative estimate of drug-likeness (QED) is 0.393. The van der Waals surface area contributed by atoms with Crippen molar-refractivity contribution in [3.8, 4) is 11.8 Å². The molecule has 0 unspecified atom stereocenters. The van der Waals surface area contributed by atoms with Gasteiger partial charge in [-0.15, -0.1) is 0 Å². The first-order valence-electron chi connectivity index (χ1n) is 6.56. The molecule has 1 amide bonds. The van der Waals surface area contributed by atoms with Crippen molar-refractivity contribution in [3.63, 3.8) is 0 Å². The van der Waals surface area contributed by atoms with Gasteiger partial charge >= 0.3 is 0 Å². The number of hydrogen-bond acceptors (Lipinski definition) is 3. The topological polar surface area (TPSA) is 62.1 Å². The number of anilines is 1. The fourth-order valence-corrected chi connectivity index (χ4v) is 2.92. The molecule has 0 spiro atoms. The summed E-state index contributed by atoms with van der Waals surface area (Å²) in [7, 11) is 1.57. The predicted octanol–water partition coefficient (Wildman–Crippen LogP) is 4.61. The number of nitriles is 1. The fourth-order valence-electron chi connectivity index (χ4n) is 1.84. The maximum absolute atomic E-state index is 12.3. The van der Waals surface area contributed by atoms with Crippen molar-refractivity contribution in [1.29, 1.82) is 5.26 Å². The van der Waals surface area contributed by atoms with Crippen LogP contribution in [0.3, 0.4) is 0 Å². The van der Waals surface area contributed by atoms with Crippen LogP contribution in [0.1, 0.15) is 5.56 Å². The van der Waals surface area contributed by atoms with E-state index in [0.717, 1.165) is 13.6 Å². The smallest absolute Gasteiger partial charge is 0.266 e. The standard InChI is InChI=1S/C17H12BrIN2O2/c1-23-16-7-6-11(9-13(16)18)8-12(10-20)17(22)21-15-5-3-2-4-14(15)19/h2-9H,1H3,(H,21,22)/b12-8-. The summed E-state index contributed by atoms with van der Waals surface area (Å²) in [6, 6.07) is 14.7. The van der Waals surface area contributed by atoms with Crippen LogP contribution in [-0.4, -0.2) is 13.0 Å². The van der Waals surface area contributed by atoms with Crippen molar-refractivity contribution in [2.24, 2.45) is 0 Å². The van der Waals surface area contributed by atoms with Crippen LogP contribution in [-0.2, 0) is 4.79 Å². The van der Waals surface area contributed by atoms with Gasteiger partial charge in [-0.2, -0.15) is 5.26 Å². The molecule has 0 saturated carbocycles. The highest BCUT2D eigenvalue weighted by Gasteiger charge is 2.11. The Bertz CT molecular complexity index is 812. The summed E-state index contributed by atoms with van der Waals surface area (Å²) in [4.78, 5) is 12.3. The van der Waals surface area contributed by atoms with Gasteiger partial charge in [0.15, 0.2) is 0 Å². The third-order valence-electron chi connectivity index (χ3n) is 2.97. The molecular weight excluding hydrogens is 471 g/mol. The Morgan fingerprint density at radius 1 is 1.35 bits per heavy atom. The first-order chi connectivity index (χ1) is 11.0. The van der Waals surface area contributed by atoms with E-state index in [0.29, 0.717) is 11.4 Å². The average molecular weight is 483 g/mol. The molecule has 2 aromatic carbocycles. The van der Waals surface area contributed by atoms with E-state index < -0.39 is 5.91 Å². The Hall–Kier alpha value is -1.85. The van der Waals surface area contributed by atoms with Gasteiger partial charge in [-0.25, -0.2) is 0 Å². The first-order valence-corrected chi connectivity index (χ1v) is 8.43. The van der Waals surface area contributed by atoms with Crippen molar-refractivity contribution in [2.75, 3.05) is 12.4 Å². The molecule has 116 valence electrons. The highest BCUT2D eigenvalue weighted by molar-refractivity contribution is 14.1. The van der Waals surface area contributed by atoms with Gasteiger partial charge in [0.2, 0.25) is 0 Å². The molecule has 0 aliphatic carbocycles. The summed E-state index contributed by atoms with van der Waals surface area (Å²) in [6.45, 7) is 0. The lowest BCUT2D eigenvalue weighted by molar-refractivity contribution is -0.112. The number of ether oxygens (including phenoxy) is 1. The second-order valence-corrected chi connectivity index (χ2v) is 6.51. The van der Waals surface area contributed by atoms with E-state index in [1.165, 1.54) is 6.08 Å². The van der Waals surface area contributed by atoms with E-state index >= 15 is 0 Å². The number of rotatable bonds is 4. The van der Waals surface area contributed by atoms with E-state index in [4.69, 9.17) is 4.74 Å². The van der Waals surface area contributed by atoms with Gasteiger partial charge in [-0.3, -0.25) is 4.79 Å². The number of halogens is 2. The first kappa shape index (κ1) is 17.5. The summed E-state index contributed by atoms with van der Waals surface area (Å²) in [5, 5.41) is 12.0. The minimum atomic E-state index is -0.441. The summed E-state index contributed by atoms with van der Waals surface area (Å²) in [5.41, 5.74) is 1.43. The van der Waals surface area contributed by atoms with E-state index in [-0.39, 0.29) is 5.57 Å². The van der Waals surface area contributed by atoms with Crippen LogP contribution in [0.4, 0.5) is 5.69 Å². The number of carbonyl (C=O) groups is 1. The maximum atomic E-state index is 12.3. The number of carbonyl (C=O) groups excluding carboxylic acids is 1. The number of hydrogen-bond donors (Lipinski definition) is 1. The molecule has 2 rings (SSSR count). The van der Waals surface area contributed by atoms with Crippen molar-refractivity contribution in [1.82, 2.24) is 0 Å². The van der Waals surface area contributed by atoms with E-state index in [1.807, 2.05) is 24.3 Å². The van der Waals surface area contributed by atoms with Crippen molar-refractivity contribution >= 4 is 56.2 Å². The van der Waals surface area contributed by atoms with Gasteiger partial charge in [0.1, 0.15) is 17.4 Å². The zero-order valence-corrected chi connectivity index (χ0v) is 15.9. The molecule has 0 saturated heterocycles. The minimum absolute atomic E-state index is 0.0294. The lowest BCUT2D eigenvalue weighted by Crippen LogP contribution is -2.14. The van der Waals surface area contributed by atoms with E-state index in [1.54, 1.807) is 31.4 Å². The van der Waals surface area contributed by atoms with Gasteiger partial charge in [-0.1, -0.05) is 18.2 Å². The number of para-hydroxylation sites is 1. The zero-order valence-electron chi connectivity index (χ0n) is 12.1. The van der Waals surface area contributed by atoms with Crippen LogP contribution in [0.2, 0.25) is 0 Å². The Labute approximate surface area is 156 Å². The van der Waals surface area contributed by atoms with E-state index in [9.17, 15) is 10.1 Å². The third kappa shape index (κ3) is 4.56. The Balaban J connectivity index is 2.25. The molecular formula is C17H12BrIN2O2. The van der Waals surface area contributed by atoms with Crippen molar-refractivity contribution in [3.05, 3.63) is 61.6 Å². The van der Waals surface area contributed by atoms with Crippen LogP contribution in [0.15, 0.2) is 52.5 Å². The van der Waals surface area contributed by atoms with Crippen LogP contribution in [0.5, 0.6) is 5.75 Å². The Morgan fingerprint density at radius 2 is 2.09 bits per heavy atom. The molecule has 0 aliphatic rings. The average Bonchev–Trinajstić information content (AvgIpc) is 2.54. The molecule has 0 heterocycles. The molecule has 0 atom stereocenters.